The molecule has 1 unspecified atom stereocenters. The van der Waals surface area contributed by atoms with Crippen LogP contribution in [-0.4, -0.2) is 166 Å². The SMILES string of the molecule is CC(=O)N[C@H]1[C@H]([C@H](O)[C@H](O)CNC(=O)CCOCCC(C)CCOCCC(=O)NC[C@@H](O)[C@@H](O)[C@@H]2OC(C(=O)O)=C[C@H](N=C(N)N)[C@H]2C)OC(C(=O)O)=C[C@@H]1N=C(N)N. The number of aliphatic carboxylic acids is 2. The lowest BCUT2D eigenvalue weighted by molar-refractivity contribution is -0.146. The number of nitrogens with two attached hydrogens (primary N) is 4. The monoisotopic (exact) mass is 845 g/mol. The fraction of sp³-hybridized carbons (Fsp3) is 0.686. The van der Waals surface area contributed by atoms with Crippen molar-refractivity contribution in [3.05, 3.63) is 23.7 Å². The normalized spacial score (nSPS) is 23.8. The van der Waals surface area contributed by atoms with Crippen molar-refractivity contribution in [2.45, 2.75) is 101 Å². The molecule has 0 radical (unpaired) electrons. The number of amides is 3. The predicted octanol–water partition coefficient (Wildman–Crippen LogP) is -4.95. The van der Waals surface area contributed by atoms with Gasteiger partial charge in [-0.2, -0.15) is 0 Å². The summed E-state index contributed by atoms with van der Waals surface area (Å²) in [6, 6.07) is -3.14. The maximum absolute atomic E-state index is 12.4. The van der Waals surface area contributed by atoms with Gasteiger partial charge in [0.2, 0.25) is 29.2 Å². The zero-order valence-corrected chi connectivity index (χ0v) is 33.1. The van der Waals surface area contributed by atoms with E-state index in [-0.39, 0.29) is 44.5 Å². The molecule has 0 spiro atoms. The number of nitrogens with one attached hydrogen (secondary N) is 3. The number of ether oxygens (including phenoxy) is 4. The molecule has 2 aliphatic heterocycles. The van der Waals surface area contributed by atoms with E-state index >= 15 is 0 Å². The van der Waals surface area contributed by atoms with Crippen LogP contribution >= 0.6 is 0 Å². The number of nitrogens with zero attached hydrogens (tertiary/aromatic N) is 2. The number of aliphatic hydroxyl groups excluding tert-OH is 4. The molecule has 0 saturated heterocycles. The van der Waals surface area contributed by atoms with E-state index in [1.165, 1.54) is 13.0 Å². The quantitative estimate of drug-likeness (QED) is 0.0232. The molecular weight excluding hydrogens is 786 g/mol. The predicted molar refractivity (Wildman–Crippen MR) is 206 cm³/mol. The molecule has 2 aliphatic rings. The largest absolute Gasteiger partial charge is 0.480 e. The molecule has 3 amide bonds. The highest BCUT2D eigenvalue weighted by Gasteiger charge is 2.44. The number of guanidine groups is 2. The van der Waals surface area contributed by atoms with Crippen LogP contribution in [0.2, 0.25) is 0 Å². The Labute approximate surface area is 340 Å². The summed E-state index contributed by atoms with van der Waals surface area (Å²) in [5.41, 5.74) is 21.8. The molecule has 0 aromatic heterocycles. The first-order valence-corrected chi connectivity index (χ1v) is 18.8. The Morgan fingerprint density at radius 3 is 1.59 bits per heavy atom. The average molecular weight is 846 g/mol. The summed E-state index contributed by atoms with van der Waals surface area (Å²) in [5, 5.41) is 68.9. The minimum absolute atomic E-state index is 0.0258. The van der Waals surface area contributed by atoms with Crippen LogP contribution in [0, 0.1) is 11.8 Å². The van der Waals surface area contributed by atoms with Crippen molar-refractivity contribution in [2.75, 3.05) is 39.5 Å². The lowest BCUT2D eigenvalue weighted by atomic mass is 9.87. The van der Waals surface area contributed by atoms with Crippen molar-refractivity contribution >= 4 is 41.6 Å². The van der Waals surface area contributed by atoms with Crippen LogP contribution in [0.1, 0.15) is 46.5 Å². The van der Waals surface area contributed by atoms with Gasteiger partial charge >= 0.3 is 11.9 Å². The van der Waals surface area contributed by atoms with Gasteiger partial charge in [0.25, 0.3) is 0 Å². The van der Waals surface area contributed by atoms with Crippen LogP contribution in [0.25, 0.3) is 0 Å². The Bertz CT molecular complexity index is 1550. The van der Waals surface area contributed by atoms with Gasteiger partial charge in [-0.25, -0.2) is 19.6 Å². The first-order valence-electron chi connectivity index (χ1n) is 18.8. The van der Waals surface area contributed by atoms with Crippen LogP contribution in [0.15, 0.2) is 33.7 Å². The third-order valence-electron chi connectivity index (χ3n) is 9.27. The summed E-state index contributed by atoms with van der Waals surface area (Å²) in [6.45, 7) is 4.80. The zero-order chi connectivity index (χ0) is 44.4. The minimum Gasteiger partial charge on any atom is -0.480 e. The number of aliphatic hydroxyl groups is 4. The van der Waals surface area contributed by atoms with Gasteiger partial charge in [-0.1, -0.05) is 13.8 Å². The van der Waals surface area contributed by atoms with Gasteiger partial charge < -0.3 is 88.5 Å². The average Bonchev–Trinajstić information content (AvgIpc) is 3.15. The topological polar surface area (TPSA) is 409 Å². The number of carbonyl (C=O) groups excluding carboxylic acids is 3. The zero-order valence-electron chi connectivity index (χ0n) is 33.1. The maximum Gasteiger partial charge on any atom is 0.370 e. The number of rotatable bonds is 25. The second-order valence-electron chi connectivity index (χ2n) is 14.1. The Balaban J connectivity index is 1.64. The highest BCUT2D eigenvalue weighted by Crippen LogP contribution is 2.29. The van der Waals surface area contributed by atoms with Crippen LogP contribution in [0.5, 0.6) is 0 Å². The van der Waals surface area contributed by atoms with Gasteiger partial charge in [-0.05, 0) is 30.9 Å². The number of carboxylic acids is 2. The molecule has 17 N–H and O–H groups in total. The molecule has 24 heteroatoms. The molecule has 0 aromatic rings. The highest BCUT2D eigenvalue weighted by molar-refractivity contribution is 5.86. The molecule has 0 saturated carbocycles. The smallest absolute Gasteiger partial charge is 0.370 e. The Hall–Kier alpha value is -5.27. The van der Waals surface area contributed by atoms with Gasteiger partial charge in [0.1, 0.15) is 36.6 Å². The summed E-state index contributed by atoms with van der Waals surface area (Å²) in [4.78, 5) is 67.5. The lowest BCUT2D eigenvalue weighted by Crippen LogP contribution is -2.60. The van der Waals surface area contributed by atoms with Gasteiger partial charge in [0.15, 0.2) is 11.9 Å². The van der Waals surface area contributed by atoms with E-state index in [2.05, 4.69) is 25.9 Å². The van der Waals surface area contributed by atoms with E-state index in [1.807, 2.05) is 6.92 Å². The van der Waals surface area contributed by atoms with Crippen molar-refractivity contribution in [2.24, 2.45) is 44.8 Å². The van der Waals surface area contributed by atoms with E-state index in [1.54, 1.807) is 6.92 Å². The number of aliphatic imine (C=N–C) groups is 2. The molecule has 2 heterocycles. The van der Waals surface area contributed by atoms with E-state index in [0.717, 1.165) is 6.08 Å². The summed E-state index contributed by atoms with van der Waals surface area (Å²) in [5.74, 6) is -6.69. The molecule has 11 atom stereocenters. The highest BCUT2D eigenvalue weighted by atomic mass is 16.5. The molecule has 0 aromatic carbocycles. The van der Waals surface area contributed by atoms with Crippen LogP contribution in [-0.2, 0) is 42.9 Å². The fourth-order valence-electron chi connectivity index (χ4n) is 5.97. The molecule has 334 valence electrons. The minimum atomic E-state index is -1.79. The summed E-state index contributed by atoms with van der Waals surface area (Å²) >= 11 is 0. The van der Waals surface area contributed by atoms with E-state index in [0.29, 0.717) is 26.1 Å². The number of carboxylic acid groups (broad SMARTS) is 2. The second-order valence-corrected chi connectivity index (χ2v) is 14.1. The third kappa shape index (κ3) is 17.2. The van der Waals surface area contributed by atoms with Gasteiger partial charge in [0.05, 0.1) is 31.3 Å². The number of hydrogen-bond donors (Lipinski definition) is 13. The van der Waals surface area contributed by atoms with Crippen molar-refractivity contribution in [1.29, 1.82) is 0 Å². The van der Waals surface area contributed by atoms with Crippen molar-refractivity contribution in [1.82, 2.24) is 16.0 Å². The van der Waals surface area contributed by atoms with Gasteiger partial charge in [-0.3, -0.25) is 14.4 Å². The van der Waals surface area contributed by atoms with Gasteiger partial charge in [0, 0.05) is 52.0 Å². The van der Waals surface area contributed by atoms with E-state index in [4.69, 9.17) is 41.9 Å². The van der Waals surface area contributed by atoms with Crippen LogP contribution < -0.4 is 38.9 Å². The Kier molecular flexibility index (Phi) is 20.8. The fourth-order valence-corrected chi connectivity index (χ4v) is 5.97. The molecule has 2 rings (SSSR count). The molecular formula is C35H59N9O15. The lowest BCUT2D eigenvalue weighted by Gasteiger charge is -2.38. The van der Waals surface area contributed by atoms with E-state index in [9.17, 15) is 54.6 Å². The van der Waals surface area contributed by atoms with Crippen molar-refractivity contribution in [3.63, 3.8) is 0 Å². The van der Waals surface area contributed by atoms with Crippen LogP contribution in [0.3, 0.4) is 0 Å². The molecule has 0 fully saturated rings. The van der Waals surface area contributed by atoms with Crippen molar-refractivity contribution in [3.8, 4) is 0 Å². The second kappa shape index (κ2) is 24.6. The van der Waals surface area contributed by atoms with E-state index < -0.39 is 114 Å². The first kappa shape index (κ1) is 49.9. The number of carbonyl (C=O) groups is 5. The summed E-state index contributed by atoms with van der Waals surface area (Å²) < 4.78 is 21.8. The molecule has 59 heavy (non-hydrogen) atoms. The van der Waals surface area contributed by atoms with Crippen LogP contribution in [0.4, 0.5) is 0 Å². The Morgan fingerprint density at radius 1 is 0.729 bits per heavy atom. The molecule has 0 bridgehead atoms. The molecule has 24 nitrogen and oxygen atoms in total. The first-order chi connectivity index (χ1) is 27.7. The Morgan fingerprint density at radius 2 is 1.15 bits per heavy atom. The summed E-state index contributed by atoms with van der Waals surface area (Å²) in [6.07, 6.45) is -5.76. The van der Waals surface area contributed by atoms with Crippen molar-refractivity contribution < 1.29 is 73.6 Å². The standard InChI is InChI=1S/C35H59N9O15/c1-16(4-8-56-10-6-25(48)40-14-21(46)28(50)30-17(2)19(43-34(36)37)12-23(58-30)32(52)53)5-9-57-11-7-26(49)41-15-22(47)29(51)31-27(42-18(3)45)20(44-35(38)39)13-24(59-31)33(54)55/h12-13,16-17,19-22,27-31,46-47,50-51H,4-11,14-15H2,1-3H3,(H,40,48)(H,41,49)(H,42,45)(H,52,53)(H,54,55)(H4,36,37,43)(H4,38,39,44)/t16?,17-,19+,20+,21-,22-,27-,28-,29-,30-,31-/m1/s1. The number of hydrogen-bond acceptors (Lipinski definition) is 15. The maximum atomic E-state index is 12.4. The molecule has 0 aliphatic carbocycles. The third-order valence-corrected chi connectivity index (χ3v) is 9.27. The van der Waals surface area contributed by atoms with Gasteiger partial charge in [-0.15, -0.1) is 0 Å². The summed E-state index contributed by atoms with van der Waals surface area (Å²) in [7, 11) is 0.